The number of nitrogens with zero attached hydrogens (tertiary/aromatic N) is 1. The summed E-state index contributed by atoms with van der Waals surface area (Å²) in [5, 5.41) is 2.48. The lowest BCUT2D eigenvalue weighted by Gasteiger charge is -2.06. The molecule has 2 aromatic rings. The molecular formula is C17H16FN3O3S. The van der Waals surface area contributed by atoms with E-state index in [0.717, 1.165) is 5.56 Å². The van der Waals surface area contributed by atoms with Gasteiger partial charge in [0.15, 0.2) is 0 Å². The molecule has 2 aromatic carbocycles. The van der Waals surface area contributed by atoms with Gasteiger partial charge in [-0.3, -0.25) is 14.5 Å². The fraction of sp³-hybridized carbons (Fsp3) is 0.176. The number of benzene rings is 2. The number of fused-ring (bicyclic) bond motifs is 1. The second-order valence-corrected chi connectivity index (χ2v) is 7.26. The third kappa shape index (κ3) is 3.69. The molecule has 1 amide bonds. The van der Waals surface area contributed by atoms with Gasteiger partial charge in [-0.15, -0.1) is 0 Å². The summed E-state index contributed by atoms with van der Waals surface area (Å²) < 4.78 is 40.0. The third-order valence-electron chi connectivity index (χ3n) is 3.67. The maximum Gasteiger partial charge on any atom is 0.263 e. The Morgan fingerprint density at radius 3 is 2.76 bits per heavy atom. The summed E-state index contributed by atoms with van der Waals surface area (Å²) in [5.41, 5.74) is 1.34. The molecule has 0 aromatic heterocycles. The van der Waals surface area contributed by atoms with Crippen molar-refractivity contribution in [2.24, 2.45) is 4.99 Å². The molecule has 6 nitrogen and oxygen atoms in total. The number of hydrogen-bond acceptors (Lipinski definition) is 4. The number of halogens is 1. The van der Waals surface area contributed by atoms with Gasteiger partial charge in [0.2, 0.25) is 5.91 Å². The van der Waals surface area contributed by atoms with Crippen LogP contribution in [0.4, 0.5) is 10.1 Å². The summed E-state index contributed by atoms with van der Waals surface area (Å²) in [6.07, 6.45) is 0.000705. The molecule has 0 fully saturated rings. The molecule has 0 unspecified atom stereocenters. The van der Waals surface area contributed by atoms with Crippen molar-refractivity contribution < 1.29 is 17.6 Å². The summed E-state index contributed by atoms with van der Waals surface area (Å²) in [5.74, 6) is -0.691. The SMILES string of the molecule is Cc1ccc(NC(=O)CCN=C2NS(=O)(=O)c3ccccc32)c(F)c1. The summed E-state index contributed by atoms with van der Waals surface area (Å²) in [7, 11) is -3.59. The predicted molar refractivity (Wildman–Crippen MR) is 92.6 cm³/mol. The minimum Gasteiger partial charge on any atom is -0.324 e. The number of nitrogens with one attached hydrogen (secondary N) is 2. The molecule has 0 spiro atoms. The van der Waals surface area contributed by atoms with Crippen LogP contribution < -0.4 is 10.0 Å². The first-order valence-corrected chi connectivity index (χ1v) is 9.08. The minimum absolute atomic E-state index is 0.000705. The van der Waals surface area contributed by atoms with E-state index in [1.54, 1.807) is 31.2 Å². The highest BCUT2D eigenvalue weighted by Gasteiger charge is 2.29. The van der Waals surface area contributed by atoms with Crippen molar-refractivity contribution in [1.82, 2.24) is 4.72 Å². The maximum atomic E-state index is 13.7. The van der Waals surface area contributed by atoms with E-state index in [9.17, 15) is 17.6 Å². The molecule has 2 N–H and O–H groups in total. The maximum absolute atomic E-state index is 13.7. The molecule has 1 aliphatic rings. The third-order valence-corrected chi connectivity index (χ3v) is 5.07. The summed E-state index contributed by atoms with van der Waals surface area (Å²) in [6.45, 7) is 1.83. The molecule has 1 heterocycles. The average Bonchev–Trinajstić information content (AvgIpc) is 2.82. The van der Waals surface area contributed by atoms with Crippen molar-refractivity contribution in [2.45, 2.75) is 18.2 Å². The summed E-state index contributed by atoms with van der Waals surface area (Å²) >= 11 is 0. The first kappa shape index (κ1) is 17.1. The molecule has 0 aliphatic carbocycles. The minimum atomic E-state index is -3.59. The molecule has 130 valence electrons. The van der Waals surface area contributed by atoms with Crippen LogP contribution >= 0.6 is 0 Å². The lowest BCUT2D eigenvalue weighted by molar-refractivity contribution is -0.116. The zero-order valence-electron chi connectivity index (χ0n) is 13.4. The van der Waals surface area contributed by atoms with Gasteiger partial charge in [0.05, 0.1) is 17.1 Å². The van der Waals surface area contributed by atoms with Crippen molar-refractivity contribution in [1.29, 1.82) is 0 Å². The topological polar surface area (TPSA) is 87.6 Å². The Bertz CT molecular complexity index is 971. The molecule has 3 rings (SSSR count). The van der Waals surface area contributed by atoms with Gasteiger partial charge in [-0.1, -0.05) is 18.2 Å². The second-order valence-electron chi connectivity index (χ2n) is 5.61. The van der Waals surface area contributed by atoms with Crippen molar-refractivity contribution in [3.8, 4) is 0 Å². The number of carbonyl (C=O) groups is 1. The van der Waals surface area contributed by atoms with Gasteiger partial charge in [0.1, 0.15) is 11.7 Å². The van der Waals surface area contributed by atoms with Gasteiger partial charge in [-0.05, 0) is 36.8 Å². The van der Waals surface area contributed by atoms with E-state index in [0.29, 0.717) is 5.56 Å². The Hall–Kier alpha value is -2.74. The van der Waals surface area contributed by atoms with E-state index in [2.05, 4.69) is 15.0 Å². The largest absolute Gasteiger partial charge is 0.324 e. The molecule has 25 heavy (non-hydrogen) atoms. The van der Waals surface area contributed by atoms with Gasteiger partial charge in [0.25, 0.3) is 10.0 Å². The highest BCUT2D eigenvalue weighted by Crippen LogP contribution is 2.22. The van der Waals surface area contributed by atoms with Crippen molar-refractivity contribution in [2.75, 3.05) is 11.9 Å². The van der Waals surface area contributed by atoms with E-state index in [4.69, 9.17) is 0 Å². The molecule has 8 heteroatoms. The van der Waals surface area contributed by atoms with Crippen LogP contribution in [-0.4, -0.2) is 26.7 Å². The van der Waals surface area contributed by atoms with Gasteiger partial charge in [-0.2, -0.15) is 0 Å². The number of amides is 1. The fourth-order valence-electron chi connectivity index (χ4n) is 2.45. The number of carbonyl (C=O) groups excluding carboxylic acids is 1. The number of sulfonamides is 1. The molecule has 0 radical (unpaired) electrons. The van der Waals surface area contributed by atoms with Crippen LogP contribution in [0.15, 0.2) is 52.4 Å². The van der Waals surface area contributed by atoms with Gasteiger partial charge in [0, 0.05) is 12.0 Å². The van der Waals surface area contributed by atoms with E-state index < -0.39 is 21.7 Å². The first-order chi connectivity index (χ1) is 11.9. The highest BCUT2D eigenvalue weighted by atomic mass is 32.2. The van der Waals surface area contributed by atoms with Crippen LogP contribution in [0, 0.1) is 12.7 Å². The average molecular weight is 361 g/mol. The molecule has 0 saturated carbocycles. The normalized spacial score (nSPS) is 16.3. The number of anilines is 1. The van der Waals surface area contributed by atoms with Crippen LogP contribution in [-0.2, 0) is 14.8 Å². The van der Waals surface area contributed by atoms with Gasteiger partial charge >= 0.3 is 0 Å². The zero-order chi connectivity index (χ0) is 18.0. The van der Waals surface area contributed by atoms with E-state index in [1.807, 2.05) is 0 Å². The molecule has 0 saturated heterocycles. The lowest BCUT2D eigenvalue weighted by atomic mass is 10.2. The van der Waals surface area contributed by atoms with Crippen LogP contribution in [0.5, 0.6) is 0 Å². The molecule has 1 aliphatic heterocycles. The Kier molecular flexibility index (Phi) is 4.54. The van der Waals surface area contributed by atoms with Crippen LogP contribution in [0.2, 0.25) is 0 Å². The zero-order valence-corrected chi connectivity index (χ0v) is 14.2. The van der Waals surface area contributed by atoms with E-state index >= 15 is 0 Å². The van der Waals surface area contributed by atoms with Crippen LogP contribution in [0.3, 0.4) is 0 Å². The number of hydrogen-bond donors (Lipinski definition) is 2. The summed E-state index contributed by atoms with van der Waals surface area (Å²) in [6, 6.07) is 11.0. The predicted octanol–water partition coefficient (Wildman–Crippen LogP) is 2.20. The van der Waals surface area contributed by atoms with Crippen LogP contribution in [0.1, 0.15) is 17.5 Å². The Labute approximate surface area is 144 Å². The van der Waals surface area contributed by atoms with Crippen molar-refractivity contribution in [3.63, 3.8) is 0 Å². The monoisotopic (exact) mass is 361 g/mol. The van der Waals surface area contributed by atoms with Crippen LogP contribution in [0.25, 0.3) is 0 Å². The standard InChI is InChI=1S/C17H16FN3O3S/c1-11-6-7-14(13(18)10-11)20-16(22)8-9-19-17-12-4-2-3-5-15(12)25(23,24)21-17/h2-7,10H,8-9H2,1H3,(H,19,21)(H,20,22). The fourth-order valence-corrected chi connectivity index (χ4v) is 3.71. The van der Waals surface area contributed by atoms with E-state index in [1.165, 1.54) is 18.2 Å². The lowest BCUT2D eigenvalue weighted by Crippen LogP contribution is -2.23. The highest BCUT2D eigenvalue weighted by molar-refractivity contribution is 7.90. The van der Waals surface area contributed by atoms with Gasteiger partial charge in [-0.25, -0.2) is 12.8 Å². The number of aryl methyl sites for hydroxylation is 1. The van der Waals surface area contributed by atoms with Gasteiger partial charge < -0.3 is 5.32 Å². The Morgan fingerprint density at radius 2 is 2.00 bits per heavy atom. The van der Waals surface area contributed by atoms with Crippen molar-refractivity contribution >= 4 is 27.5 Å². The second kappa shape index (κ2) is 6.64. The molecule has 0 atom stereocenters. The Morgan fingerprint density at radius 1 is 1.24 bits per heavy atom. The number of amidine groups is 1. The Balaban J connectivity index is 1.65. The van der Waals surface area contributed by atoms with Crippen molar-refractivity contribution in [3.05, 3.63) is 59.4 Å². The summed E-state index contributed by atoms with van der Waals surface area (Å²) in [4.78, 5) is 16.2. The quantitative estimate of drug-likeness (QED) is 0.875. The number of rotatable bonds is 4. The molecular weight excluding hydrogens is 345 g/mol. The van der Waals surface area contributed by atoms with E-state index in [-0.39, 0.29) is 29.4 Å². The smallest absolute Gasteiger partial charge is 0.263 e. The number of aliphatic imine (C=N–C) groups is 1. The molecule has 0 bridgehead atoms. The first-order valence-electron chi connectivity index (χ1n) is 7.59.